The lowest BCUT2D eigenvalue weighted by molar-refractivity contribution is -0.276. The van der Waals surface area contributed by atoms with E-state index in [-0.39, 0.29) is 17.7 Å². The molecule has 0 unspecified atom stereocenters. The Kier molecular flexibility index (Phi) is 7.29. The smallest absolute Gasteiger partial charge is 0.429 e. The first kappa shape index (κ1) is 29.2. The van der Waals surface area contributed by atoms with Gasteiger partial charge in [-0.2, -0.15) is 8.78 Å². The van der Waals surface area contributed by atoms with Crippen molar-refractivity contribution in [3.8, 4) is 33.2 Å². The van der Waals surface area contributed by atoms with E-state index < -0.39 is 64.2 Å². The van der Waals surface area contributed by atoms with Crippen LogP contribution in [-0.2, 0) is 6.11 Å². The van der Waals surface area contributed by atoms with Crippen LogP contribution < -0.4 is 9.47 Å². The van der Waals surface area contributed by atoms with Crippen molar-refractivity contribution in [3.63, 3.8) is 0 Å². The fourth-order valence-electron chi connectivity index (χ4n) is 4.05. The molecule has 0 aliphatic carbocycles. The number of alkyl halides is 5. The molecule has 0 amide bonds. The lowest BCUT2D eigenvalue weighted by Gasteiger charge is -2.20. The van der Waals surface area contributed by atoms with Gasteiger partial charge in [0.25, 0.3) is 0 Å². The first-order chi connectivity index (χ1) is 19.6. The van der Waals surface area contributed by atoms with E-state index in [9.17, 15) is 39.5 Å². The Balaban J connectivity index is 1.43. The summed E-state index contributed by atoms with van der Waals surface area (Å²) in [7, 11) is 0. The quantitative estimate of drug-likeness (QED) is 0.178. The van der Waals surface area contributed by atoms with Gasteiger partial charge in [0.15, 0.2) is 11.6 Å². The fraction of sp³-hybridized carbons (Fsp3) is 0.107. The van der Waals surface area contributed by atoms with Crippen LogP contribution in [0.15, 0.2) is 60.7 Å². The van der Waals surface area contributed by atoms with Gasteiger partial charge in [-0.25, -0.2) is 26.9 Å². The average molecular weight is 617 g/mol. The largest absolute Gasteiger partial charge is 0.573 e. The molecule has 1 heterocycles. The average Bonchev–Trinajstić information content (AvgIpc) is 3.28. The predicted octanol–water partition coefficient (Wildman–Crippen LogP) is 9.66. The summed E-state index contributed by atoms with van der Waals surface area (Å²) in [6, 6.07) is 9.85. The summed E-state index contributed by atoms with van der Waals surface area (Å²) in [5.41, 5.74) is -0.754. The highest BCUT2D eigenvalue weighted by Gasteiger charge is 2.42. The molecule has 0 radical (unpaired) electrons. The molecule has 14 heteroatoms. The van der Waals surface area contributed by atoms with E-state index in [1.165, 1.54) is 23.5 Å². The van der Waals surface area contributed by atoms with Crippen LogP contribution in [0.4, 0.5) is 43.9 Å². The van der Waals surface area contributed by atoms with Crippen LogP contribution in [0.25, 0.3) is 31.9 Å². The topological polar surface area (TPSA) is 31.4 Å². The molecule has 0 spiro atoms. The minimum absolute atomic E-state index is 0.0915. The van der Waals surface area contributed by atoms with Crippen molar-refractivity contribution in [3.05, 3.63) is 101 Å². The van der Waals surface area contributed by atoms with E-state index in [2.05, 4.69) is 14.5 Å². The van der Waals surface area contributed by atoms with Crippen LogP contribution in [0, 0.1) is 36.0 Å². The second-order valence-electron chi connectivity index (χ2n) is 8.88. The first-order valence-electron chi connectivity index (χ1n) is 11.6. The number of fused-ring (bicyclic) bond motifs is 1. The molecule has 4 aromatic carbocycles. The molecule has 0 atom stereocenters. The van der Waals surface area contributed by atoms with Gasteiger partial charge in [0.2, 0.25) is 5.75 Å². The number of halogens is 10. The minimum Gasteiger partial charge on any atom is -0.429 e. The molecule has 5 aromatic rings. The number of hydrogen-bond acceptors (Lipinski definition) is 4. The molecule has 42 heavy (non-hydrogen) atoms. The Morgan fingerprint density at radius 1 is 0.667 bits per heavy atom. The second-order valence-corrected chi connectivity index (χ2v) is 9.91. The Bertz CT molecular complexity index is 1790. The summed E-state index contributed by atoms with van der Waals surface area (Å²) >= 11 is 1.29. The number of thiazole rings is 1. The molecule has 218 valence electrons. The van der Waals surface area contributed by atoms with E-state index in [1.54, 1.807) is 6.07 Å². The number of ether oxygens (including phenoxy) is 2. The van der Waals surface area contributed by atoms with Crippen molar-refractivity contribution < 1.29 is 53.4 Å². The zero-order chi connectivity index (χ0) is 30.6. The van der Waals surface area contributed by atoms with Gasteiger partial charge in [0.1, 0.15) is 33.8 Å². The monoisotopic (exact) mass is 617 g/mol. The van der Waals surface area contributed by atoms with Crippen molar-refractivity contribution in [1.82, 2.24) is 4.98 Å². The summed E-state index contributed by atoms with van der Waals surface area (Å²) in [5, 5.41) is 0.469. The maximum absolute atomic E-state index is 15.0. The molecule has 0 bridgehead atoms. The van der Waals surface area contributed by atoms with Crippen molar-refractivity contribution in [2.45, 2.75) is 19.4 Å². The summed E-state index contributed by atoms with van der Waals surface area (Å²) in [5.74, 6) is -12.3. The van der Waals surface area contributed by atoms with Crippen LogP contribution in [0.5, 0.6) is 11.5 Å². The Labute approximate surface area is 233 Å². The van der Waals surface area contributed by atoms with Crippen molar-refractivity contribution in [2.24, 2.45) is 0 Å². The number of aromatic nitrogens is 1. The van der Waals surface area contributed by atoms with Gasteiger partial charge in [-0.15, -0.1) is 24.5 Å². The molecule has 0 saturated heterocycles. The van der Waals surface area contributed by atoms with Gasteiger partial charge in [-0.3, -0.25) is 0 Å². The fourth-order valence-corrected chi connectivity index (χ4v) is 5.11. The SMILES string of the molecule is Cc1ccc2nc(-c3ccc(-c4cc(F)c(C(F)(F)Oc5cc(F)c(OC(F)(F)F)c(F)c5)c(F)c4)c(F)c3)sc2c1. The molecule has 0 fully saturated rings. The first-order valence-corrected chi connectivity index (χ1v) is 12.4. The third-order valence-electron chi connectivity index (χ3n) is 5.84. The highest BCUT2D eigenvalue weighted by molar-refractivity contribution is 7.21. The lowest BCUT2D eigenvalue weighted by Crippen LogP contribution is -2.25. The van der Waals surface area contributed by atoms with E-state index >= 15 is 4.39 Å². The summed E-state index contributed by atoms with van der Waals surface area (Å²) in [4.78, 5) is 4.43. The van der Waals surface area contributed by atoms with Gasteiger partial charge in [-0.05, 0) is 48.4 Å². The van der Waals surface area contributed by atoms with E-state index in [0.29, 0.717) is 28.2 Å². The molecular formula is C28H13F10NO2S. The van der Waals surface area contributed by atoms with Crippen LogP contribution >= 0.6 is 11.3 Å². The molecular weight excluding hydrogens is 604 g/mol. The van der Waals surface area contributed by atoms with Crippen molar-refractivity contribution in [2.75, 3.05) is 0 Å². The van der Waals surface area contributed by atoms with Crippen LogP contribution in [0.1, 0.15) is 11.1 Å². The zero-order valence-electron chi connectivity index (χ0n) is 20.7. The highest BCUT2D eigenvalue weighted by atomic mass is 32.1. The van der Waals surface area contributed by atoms with E-state index in [1.807, 2.05) is 19.1 Å². The maximum Gasteiger partial charge on any atom is 0.573 e. The van der Waals surface area contributed by atoms with Crippen LogP contribution in [-0.4, -0.2) is 11.3 Å². The number of nitrogens with zero attached hydrogens (tertiary/aromatic N) is 1. The van der Waals surface area contributed by atoms with E-state index in [0.717, 1.165) is 16.3 Å². The number of hydrogen-bond donors (Lipinski definition) is 0. The predicted molar refractivity (Wildman–Crippen MR) is 133 cm³/mol. The molecule has 0 aliphatic rings. The third-order valence-corrected chi connectivity index (χ3v) is 6.91. The molecule has 1 aromatic heterocycles. The van der Waals surface area contributed by atoms with Crippen molar-refractivity contribution in [1.29, 1.82) is 0 Å². The second kappa shape index (κ2) is 10.5. The Morgan fingerprint density at radius 2 is 1.29 bits per heavy atom. The molecule has 5 rings (SSSR count). The van der Waals surface area contributed by atoms with Gasteiger partial charge in [0.05, 0.1) is 10.2 Å². The number of rotatable bonds is 6. The van der Waals surface area contributed by atoms with Gasteiger partial charge < -0.3 is 9.47 Å². The lowest BCUT2D eigenvalue weighted by atomic mass is 10.0. The van der Waals surface area contributed by atoms with Crippen LogP contribution in [0.3, 0.4) is 0 Å². The molecule has 0 N–H and O–H groups in total. The zero-order valence-corrected chi connectivity index (χ0v) is 21.5. The molecule has 0 aliphatic heterocycles. The summed E-state index contributed by atoms with van der Waals surface area (Å²) < 4.78 is 147. The summed E-state index contributed by atoms with van der Waals surface area (Å²) in [6.45, 7) is 1.90. The Hall–Kier alpha value is -4.33. The molecule has 3 nitrogen and oxygen atoms in total. The van der Waals surface area contributed by atoms with Gasteiger partial charge in [0, 0.05) is 23.3 Å². The highest BCUT2D eigenvalue weighted by Crippen LogP contribution is 2.40. The molecule has 0 saturated carbocycles. The van der Waals surface area contributed by atoms with E-state index in [4.69, 9.17) is 0 Å². The standard InChI is InChI=1S/C28H13F10NO2S/c1-12-2-5-22-23(6-12)42-26(39-22)13-3-4-16(17(29)7-13)14-8-18(30)24(19(31)9-14)27(34,35)40-15-10-20(32)25(21(33)11-15)41-28(36,37)38/h2-11H,1H3. The number of aryl methyl sites for hydroxylation is 1. The van der Waals surface area contributed by atoms with Gasteiger partial charge >= 0.3 is 12.5 Å². The third kappa shape index (κ3) is 5.84. The summed E-state index contributed by atoms with van der Waals surface area (Å²) in [6.07, 6.45) is -10.4. The number of benzene rings is 4. The Morgan fingerprint density at radius 3 is 1.88 bits per heavy atom. The minimum atomic E-state index is -5.50. The normalized spacial score (nSPS) is 12.2. The maximum atomic E-state index is 15.0. The van der Waals surface area contributed by atoms with Crippen LogP contribution in [0.2, 0.25) is 0 Å². The van der Waals surface area contributed by atoms with Crippen molar-refractivity contribution >= 4 is 21.6 Å². The van der Waals surface area contributed by atoms with Gasteiger partial charge in [-0.1, -0.05) is 18.2 Å².